The third-order valence-electron chi connectivity index (χ3n) is 4.76. The average Bonchev–Trinajstić information content (AvgIpc) is 2.58. The van der Waals surface area contributed by atoms with E-state index in [1.165, 1.54) is 12.8 Å². The molecule has 0 spiro atoms. The van der Waals surface area contributed by atoms with Crippen LogP contribution in [0.15, 0.2) is 0 Å². The Balaban J connectivity index is 2.05. The van der Waals surface area contributed by atoms with Gasteiger partial charge in [-0.1, -0.05) is 19.3 Å². The molecule has 0 aromatic carbocycles. The SMILES string of the molecule is CC1CN(C2CCCCCC2C(=O)O)CCN1C. The molecule has 3 unspecified atom stereocenters. The lowest BCUT2D eigenvalue weighted by Gasteiger charge is -2.43. The minimum atomic E-state index is -0.589. The number of nitrogens with zero attached hydrogens (tertiary/aromatic N) is 2. The van der Waals surface area contributed by atoms with Gasteiger partial charge in [0.25, 0.3) is 0 Å². The second kappa shape index (κ2) is 6.02. The lowest BCUT2D eigenvalue weighted by atomic mass is 9.92. The summed E-state index contributed by atoms with van der Waals surface area (Å²) in [4.78, 5) is 16.3. The Kier molecular flexibility index (Phi) is 4.62. The molecule has 1 heterocycles. The second-order valence-electron chi connectivity index (χ2n) is 5.97. The van der Waals surface area contributed by atoms with Gasteiger partial charge in [-0.3, -0.25) is 9.69 Å². The van der Waals surface area contributed by atoms with Crippen molar-refractivity contribution < 1.29 is 9.90 Å². The van der Waals surface area contributed by atoms with Crippen LogP contribution >= 0.6 is 0 Å². The molecule has 2 fully saturated rings. The summed E-state index contributed by atoms with van der Waals surface area (Å²) in [6.45, 7) is 5.34. The maximum atomic E-state index is 11.5. The highest BCUT2D eigenvalue weighted by Gasteiger charge is 2.35. The monoisotopic (exact) mass is 254 g/mol. The predicted molar refractivity (Wildman–Crippen MR) is 71.7 cm³/mol. The zero-order chi connectivity index (χ0) is 13.1. The first-order chi connectivity index (χ1) is 8.59. The fourth-order valence-corrected chi connectivity index (χ4v) is 3.39. The van der Waals surface area contributed by atoms with Gasteiger partial charge in [0.2, 0.25) is 0 Å². The number of carboxylic acids is 1. The summed E-state index contributed by atoms with van der Waals surface area (Å²) in [7, 11) is 2.16. The number of rotatable bonds is 2. The predicted octanol–water partition coefficient (Wildman–Crippen LogP) is 1.66. The van der Waals surface area contributed by atoms with Crippen molar-refractivity contribution in [1.82, 2.24) is 9.80 Å². The van der Waals surface area contributed by atoms with E-state index in [1.807, 2.05) is 0 Å². The van der Waals surface area contributed by atoms with Crippen LogP contribution in [0.2, 0.25) is 0 Å². The zero-order valence-corrected chi connectivity index (χ0v) is 11.6. The summed E-state index contributed by atoms with van der Waals surface area (Å²) < 4.78 is 0. The average molecular weight is 254 g/mol. The van der Waals surface area contributed by atoms with Gasteiger partial charge in [0.1, 0.15) is 0 Å². The summed E-state index contributed by atoms with van der Waals surface area (Å²) >= 11 is 0. The number of likely N-dealkylation sites (N-methyl/N-ethyl adjacent to an activating group) is 1. The molecule has 0 aromatic rings. The molecule has 104 valence electrons. The van der Waals surface area contributed by atoms with Crippen LogP contribution in [-0.2, 0) is 4.79 Å². The smallest absolute Gasteiger partial charge is 0.308 e. The molecule has 0 amide bonds. The van der Waals surface area contributed by atoms with Crippen molar-refractivity contribution in [2.24, 2.45) is 5.92 Å². The highest BCUT2D eigenvalue weighted by molar-refractivity contribution is 5.70. The van der Waals surface area contributed by atoms with E-state index in [1.54, 1.807) is 0 Å². The molecule has 1 N–H and O–H groups in total. The van der Waals surface area contributed by atoms with E-state index in [0.717, 1.165) is 38.9 Å². The molecule has 18 heavy (non-hydrogen) atoms. The molecule has 2 rings (SSSR count). The van der Waals surface area contributed by atoms with Crippen LogP contribution in [0.1, 0.15) is 39.0 Å². The van der Waals surface area contributed by atoms with E-state index in [-0.39, 0.29) is 12.0 Å². The molecular formula is C14H26N2O2. The molecule has 0 radical (unpaired) electrons. The van der Waals surface area contributed by atoms with Crippen LogP contribution in [0.5, 0.6) is 0 Å². The van der Waals surface area contributed by atoms with Gasteiger partial charge in [-0.25, -0.2) is 0 Å². The highest BCUT2D eigenvalue weighted by Crippen LogP contribution is 2.29. The number of aliphatic carboxylic acids is 1. The highest BCUT2D eigenvalue weighted by atomic mass is 16.4. The van der Waals surface area contributed by atoms with Gasteiger partial charge < -0.3 is 10.0 Å². The minimum absolute atomic E-state index is 0.150. The summed E-state index contributed by atoms with van der Waals surface area (Å²) in [6.07, 6.45) is 5.39. The third kappa shape index (κ3) is 3.04. The molecule has 0 aromatic heterocycles. The van der Waals surface area contributed by atoms with Gasteiger partial charge in [0.15, 0.2) is 0 Å². The summed E-state index contributed by atoms with van der Waals surface area (Å²) in [6, 6.07) is 0.803. The molecular weight excluding hydrogens is 228 g/mol. The Morgan fingerprint density at radius 1 is 1.17 bits per heavy atom. The maximum absolute atomic E-state index is 11.5. The first kappa shape index (κ1) is 13.8. The fraction of sp³-hybridized carbons (Fsp3) is 0.929. The number of piperazine rings is 1. The number of hydrogen-bond donors (Lipinski definition) is 1. The normalized spacial score (nSPS) is 36.2. The van der Waals surface area contributed by atoms with Gasteiger partial charge >= 0.3 is 5.97 Å². The quantitative estimate of drug-likeness (QED) is 0.761. The van der Waals surface area contributed by atoms with Crippen LogP contribution < -0.4 is 0 Å². The van der Waals surface area contributed by atoms with Gasteiger partial charge in [-0.2, -0.15) is 0 Å². The van der Waals surface area contributed by atoms with Crippen molar-refractivity contribution in [2.45, 2.75) is 51.1 Å². The Hall–Kier alpha value is -0.610. The van der Waals surface area contributed by atoms with Gasteiger partial charge in [0.05, 0.1) is 5.92 Å². The molecule has 2 aliphatic rings. The van der Waals surface area contributed by atoms with Crippen LogP contribution in [0.3, 0.4) is 0 Å². The molecule has 3 atom stereocenters. The van der Waals surface area contributed by atoms with Crippen LogP contribution in [0.25, 0.3) is 0 Å². The van der Waals surface area contributed by atoms with Gasteiger partial charge in [-0.05, 0) is 26.8 Å². The lowest BCUT2D eigenvalue weighted by Crippen LogP contribution is -2.55. The Morgan fingerprint density at radius 2 is 1.89 bits per heavy atom. The van der Waals surface area contributed by atoms with E-state index in [4.69, 9.17) is 0 Å². The molecule has 0 bridgehead atoms. The number of carbonyl (C=O) groups is 1. The Labute approximate surface area is 110 Å². The second-order valence-corrected chi connectivity index (χ2v) is 5.97. The van der Waals surface area contributed by atoms with E-state index in [2.05, 4.69) is 23.8 Å². The first-order valence-corrected chi connectivity index (χ1v) is 7.26. The molecule has 4 nitrogen and oxygen atoms in total. The first-order valence-electron chi connectivity index (χ1n) is 7.26. The topological polar surface area (TPSA) is 43.8 Å². The molecule has 1 aliphatic carbocycles. The molecule has 1 saturated carbocycles. The van der Waals surface area contributed by atoms with Crippen molar-refractivity contribution in [3.63, 3.8) is 0 Å². The molecule has 1 aliphatic heterocycles. The summed E-state index contributed by atoms with van der Waals surface area (Å²) in [5, 5.41) is 9.45. The molecule has 4 heteroatoms. The number of carboxylic acid groups (broad SMARTS) is 1. The van der Waals surface area contributed by atoms with Crippen LogP contribution in [-0.4, -0.2) is 59.6 Å². The zero-order valence-electron chi connectivity index (χ0n) is 11.6. The third-order valence-corrected chi connectivity index (χ3v) is 4.76. The van der Waals surface area contributed by atoms with Gasteiger partial charge in [0, 0.05) is 31.7 Å². The summed E-state index contributed by atoms with van der Waals surface area (Å²) in [5.41, 5.74) is 0. The fourth-order valence-electron chi connectivity index (χ4n) is 3.39. The van der Waals surface area contributed by atoms with Crippen molar-refractivity contribution in [2.75, 3.05) is 26.7 Å². The van der Waals surface area contributed by atoms with E-state index >= 15 is 0 Å². The van der Waals surface area contributed by atoms with E-state index in [9.17, 15) is 9.90 Å². The minimum Gasteiger partial charge on any atom is -0.481 e. The van der Waals surface area contributed by atoms with E-state index in [0.29, 0.717) is 6.04 Å². The maximum Gasteiger partial charge on any atom is 0.308 e. The Bertz CT molecular complexity index is 296. The van der Waals surface area contributed by atoms with Gasteiger partial charge in [-0.15, -0.1) is 0 Å². The molecule has 1 saturated heterocycles. The van der Waals surface area contributed by atoms with E-state index < -0.39 is 5.97 Å². The number of hydrogen-bond acceptors (Lipinski definition) is 3. The van der Waals surface area contributed by atoms with Crippen LogP contribution in [0.4, 0.5) is 0 Å². The van der Waals surface area contributed by atoms with Crippen molar-refractivity contribution in [3.05, 3.63) is 0 Å². The van der Waals surface area contributed by atoms with Crippen molar-refractivity contribution in [3.8, 4) is 0 Å². The lowest BCUT2D eigenvalue weighted by molar-refractivity contribution is -0.145. The van der Waals surface area contributed by atoms with Crippen molar-refractivity contribution in [1.29, 1.82) is 0 Å². The summed E-state index contributed by atoms with van der Waals surface area (Å²) in [5.74, 6) is -0.739. The van der Waals surface area contributed by atoms with Crippen LogP contribution in [0, 0.1) is 5.92 Å². The standard InChI is InChI=1S/C14H26N2O2/c1-11-10-16(9-8-15(11)2)13-7-5-3-4-6-12(13)14(17)18/h11-13H,3-10H2,1-2H3,(H,17,18). The Morgan fingerprint density at radius 3 is 2.56 bits per heavy atom. The largest absolute Gasteiger partial charge is 0.481 e. The van der Waals surface area contributed by atoms with Crippen molar-refractivity contribution >= 4 is 5.97 Å².